The lowest BCUT2D eigenvalue weighted by Crippen LogP contribution is -2.36. The number of pyridine rings is 1. The monoisotopic (exact) mass is 406 g/mol. The number of amides is 2. The summed E-state index contributed by atoms with van der Waals surface area (Å²) in [7, 11) is 0. The minimum atomic E-state index is -0.699. The van der Waals surface area contributed by atoms with Crippen LogP contribution in [-0.4, -0.2) is 41.4 Å². The highest BCUT2D eigenvalue weighted by molar-refractivity contribution is 9.10. The number of hydrogen-bond donors (Lipinski definition) is 3. The van der Waals surface area contributed by atoms with Crippen LogP contribution in [-0.2, 0) is 4.74 Å². The van der Waals surface area contributed by atoms with Crippen LogP contribution in [0.15, 0.2) is 16.6 Å². The third kappa shape index (κ3) is 6.87. The lowest BCUT2D eigenvalue weighted by molar-refractivity contribution is 0.0929. The maximum Gasteiger partial charge on any atom is 0.413 e. The molecule has 2 amide bonds. The number of aromatic nitrogens is 1. The number of alkyl halides is 1. The maximum absolute atomic E-state index is 12.5. The number of anilines is 1. The van der Waals surface area contributed by atoms with Crippen LogP contribution in [0.5, 0.6) is 0 Å². The molecule has 0 aromatic carbocycles. The molecule has 1 atom stereocenters. The van der Waals surface area contributed by atoms with Crippen molar-refractivity contribution in [2.45, 2.75) is 19.9 Å². The van der Waals surface area contributed by atoms with Crippen molar-refractivity contribution < 1.29 is 18.7 Å². The first-order chi connectivity index (χ1) is 10.8. The van der Waals surface area contributed by atoms with Gasteiger partial charge in [-0.3, -0.25) is 10.1 Å². The normalized spacial score (nSPS) is 11.3. The molecule has 0 aliphatic carbocycles. The highest BCUT2D eigenvalue weighted by Gasteiger charge is 2.14. The number of alkyl carbamates (subject to hydrolysis) is 1. The number of rotatable bonds is 5. The lowest BCUT2D eigenvalue weighted by atomic mass is 10.3. The van der Waals surface area contributed by atoms with Crippen molar-refractivity contribution in [1.29, 1.82) is 0 Å². The minimum absolute atomic E-state index is 0.0301. The van der Waals surface area contributed by atoms with Crippen molar-refractivity contribution in [3.05, 3.63) is 22.3 Å². The van der Waals surface area contributed by atoms with Gasteiger partial charge in [0.25, 0.3) is 5.91 Å². The summed E-state index contributed by atoms with van der Waals surface area (Å²) in [5.41, 5.74) is 0.0705. The molecule has 1 aromatic rings. The number of thiocarbonyl (C=S) groups is 1. The first kappa shape index (κ1) is 19.2. The van der Waals surface area contributed by atoms with Gasteiger partial charge in [-0.15, -0.1) is 0 Å². The smallest absolute Gasteiger partial charge is 0.413 e. The SMILES string of the molecule is CCOC(=O)NC(=S)Nc1cc(Br)cc(C(=O)NC(C)CF)n1. The molecule has 3 N–H and O–H groups in total. The summed E-state index contributed by atoms with van der Waals surface area (Å²) in [6, 6.07) is 2.42. The summed E-state index contributed by atoms with van der Waals surface area (Å²) < 4.78 is 17.7. The predicted molar refractivity (Wildman–Crippen MR) is 91.2 cm³/mol. The largest absolute Gasteiger partial charge is 0.450 e. The van der Waals surface area contributed by atoms with Gasteiger partial charge in [-0.25, -0.2) is 14.2 Å². The van der Waals surface area contributed by atoms with E-state index in [1.807, 2.05) is 0 Å². The summed E-state index contributed by atoms with van der Waals surface area (Å²) in [5.74, 6) is -0.289. The van der Waals surface area contributed by atoms with Crippen LogP contribution in [0.1, 0.15) is 24.3 Å². The van der Waals surface area contributed by atoms with Crippen molar-refractivity contribution in [3.63, 3.8) is 0 Å². The van der Waals surface area contributed by atoms with Crippen molar-refractivity contribution >= 4 is 51.1 Å². The van der Waals surface area contributed by atoms with Gasteiger partial charge in [0.15, 0.2) is 5.11 Å². The van der Waals surface area contributed by atoms with E-state index < -0.39 is 24.7 Å². The van der Waals surface area contributed by atoms with Crippen LogP contribution < -0.4 is 16.0 Å². The molecule has 0 fully saturated rings. The van der Waals surface area contributed by atoms with Gasteiger partial charge >= 0.3 is 6.09 Å². The molecule has 10 heteroatoms. The summed E-state index contributed by atoms with van der Waals surface area (Å²) in [5, 5.41) is 7.38. The van der Waals surface area contributed by atoms with Crippen LogP contribution in [0.2, 0.25) is 0 Å². The number of ether oxygens (including phenoxy) is 1. The second kappa shape index (κ2) is 9.36. The third-order valence-electron chi connectivity index (χ3n) is 2.36. The summed E-state index contributed by atoms with van der Waals surface area (Å²) >= 11 is 8.18. The molecule has 1 rings (SSSR count). The second-order valence-corrected chi connectivity index (χ2v) is 5.71. The summed E-state index contributed by atoms with van der Waals surface area (Å²) in [4.78, 5) is 27.3. The molecule has 0 aliphatic rings. The van der Waals surface area contributed by atoms with E-state index >= 15 is 0 Å². The Morgan fingerprint density at radius 3 is 2.78 bits per heavy atom. The van der Waals surface area contributed by atoms with Gasteiger partial charge in [-0.05, 0) is 38.2 Å². The fraction of sp³-hybridized carbons (Fsp3) is 0.385. The average Bonchev–Trinajstić information content (AvgIpc) is 2.46. The number of halogens is 2. The minimum Gasteiger partial charge on any atom is -0.450 e. The Labute approximate surface area is 146 Å². The van der Waals surface area contributed by atoms with E-state index in [-0.39, 0.29) is 23.2 Å². The summed E-state index contributed by atoms with van der Waals surface area (Å²) in [6.45, 7) is 2.72. The Hall–Kier alpha value is -1.81. The van der Waals surface area contributed by atoms with Crippen LogP contribution >= 0.6 is 28.1 Å². The van der Waals surface area contributed by atoms with Crippen LogP contribution in [0.4, 0.5) is 15.0 Å². The van der Waals surface area contributed by atoms with E-state index in [0.29, 0.717) is 4.47 Å². The zero-order valence-corrected chi connectivity index (χ0v) is 14.9. The molecule has 126 valence electrons. The standard InChI is InChI=1S/C13H16BrFN4O3S/c1-3-22-13(21)19-12(23)18-10-5-8(14)4-9(17-10)11(20)16-7(2)6-15/h4-5,7H,3,6H2,1-2H3,(H,16,20)(H2,17,18,19,21,23). The Morgan fingerprint density at radius 1 is 1.48 bits per heavy atom. The zero-order chi connectivity index (χ0) is 17.4. The van der Waals surface area contributed by atoms with Gasteiger partial charge in [0.05, 0.1) is 12.6 Å². The topological polar surface area (TPSA) is 92.4 Å². The van der Waals surface area contributed by atoms with E-state index in [0.717, 1.165) is 0 Å². The van der Waals surface area contributed by atoms with Crippen LogP contribution in [0.25, 0.3) is 0 Å². The predicted octanol–water partition coefficient (Wildman–Crippen LogP) is 2.37. The molecular formula is C13H16BrFN4O3S. The molecule has 1 heterocycles. The zero-order valence-electron chi connectivity index (χ0n) is 12.5. The maximum atomic E-state index is 12.5. The third-order valence-corrected chi connectivity index (χ3v) is 3.03. The quantitative estimate of drug-likeness (QED) is 0.650. The van der Waals surface area contributed by atoms with E-state index in [4.69, 9.17) is 12.2 Å². The second-order valence-electron chi connectivity index (χ2n) is 4.38. The molecule has 0 aliphatic heterocycles. The highest BCUT2D eigenvalue weighted by atomic mass is 79.9. The van der Waals surface area contributed by atoms with Gasteiger partial charge in [0, 0.05) is 4.47 Å². The fourth-order valence-electron chi connectivity index (χ4n) is 1.42. The van der Waals surface area contributed by atoms with Crippen molar-refractivity contribution in [2.24, 2.45) is 0 Å². The van der Waals surface area contributed by atoms with Gasteiger partial charge in [-0.1, -0.05) is 15.9 Å². The molecule has 23 heavy (non-hydrogen) atoms. The van der Waals surface area contributed by atoms with Crippen LogP contribution in [0.3, 0.4) is 0 Å². The Morgan fingerprint density at radius 2 is 2.17 bits per heavy atom. The first-order valence-electron chi connectivity index (χ1n) is 6.64. The van der Waals surface area contributed by atoms with Crippen molar-refractivity contribution in [2.75, 3.05) is 18.6 Å². The molecule has 0 spiro atoms. The first-order valence-corrected chi connectivity index (χ1v) is 7.85. The summed E-state index contributed by atoms with van der Waals surface area (Å²) in [6.07, 6.45) is -0.699. The van der Waals surface area contributed by atoms with Crippen molar-refractivity contribution in [3.8, 4) is 0 Å². The van der Waals surface area contributed by atoms with Gasteiger partial charge in [-0.2, -0.15) is 0 Å². The average molecular weight is 407 g/mol. The number of carbonyl (C=O) groups excluding carboxylic acids is 2. The van der Waals surface area contributed by atoms with Crippen LogP contribution in [0, 0.1) is 0 Å². The molecule has 7 nitrogen and oxygen atoms in total. The lowest BCUT2D eigenvalue weighted by Gasteiger charge is -2.12. The molecular weight excluding hydrogens is 391 g/mol. The number of hydrogen-bond acceptors (Lipinski definition) is 5. The van der Waals surface area contributed by atoms with Gasteiger partial charge in [0.2, 0.25) is 0 Å². The van der Waals surface area contributed by atoms with Gasteiger partial charge in [0.1, 0.15) is 18.2 Å². The highest BCUT2D eigenvalue weighted by Crippen LogP contribution is 2.16. The Kier molecular flexibility index (Phi) is 7.83. The Bertz CT molecular complexity index is 603. The van der Waals surface area contributed by atoms with E-state index in [1.165, 1.54) is 13.0 Å². The van der Waals surface area contributed by atoms with Gasteiger partial charge < -0.3 is 15.4 Å². The van der Waals surface area contributed by atoms with E-state index in [9.17, 15) is 14.0 Å². The van der Waals surface area contributed by atoms with Crippen molar-refractivity contribution in [1.82, 2.24) is 15.6 Å². The molecule has 1 aromatic heterocycles. The molecule has 0 saturated carbocycles. The molecule has 0 bridgehead atoms. The Balaban J connectivity index is 2.79. The molecule has 0 saturated heterocycles. The molecule has 0 radical (unpaired) electrons. The molecule has 1 unspecified atom stereocenters. The fourth-order valence-corrected chi connectivity index (χ4v) is 2.04. The number of nitrogens with one attached hydrogen (secondary N) is 3. The van der Waals surface area contributed by atoms with E-state index in [2.05, 4.69) is 41.6 Å². The van der Waals surface area contributed by atoms with E-state index in [1.54, 1.807) is 13.0 Å². The number of nitrogens with zero attached hydrogens (tertiary/aromatic N) is 1. The number of carbonyl (C=O) groups is 2.